The summed E-state index contributed by atoms with van der Waals surface area (Å²) in [6.45, 7) is 1.63. The van der Waals surface area contributed by atoms with E-state index in [4.69, 9.17) is 26.0 Å². The highest BCUT2D eigenvalue weighted by Gasteiger charge is 2.31. The number of hydrogen-bond acceptors (Lipinski definition) is 5. The zero-order valence-electron chi connectivity index (χ0n) is 13.2. The summed E-state index contributed by atoms with van der Waals surface area (Å²) >= 11 is 5.83. The second-order valence-electron chi connectivity index (χ2n) is 5.60. The van der Waals surface area contributed by atoms with Crippen molar-refractivity contribution in [1.82, 2.24) is 10.5 Å². The first-order valence-electron chi connectivity index (χ1n) is 7.09. The number of carboxylic acids is 1. The smallest absolute Gasteiger partial charge is 0.305 e. The lowest BCUT2D eigenvalue weighted by Gasteiger charge is -2.27. The Morgan fingerprint density at radius 3 is 2.62 bits per heavy atom. The SMILES string of the molecule is COCC(C)(CC(=O)O)NC(=O)c1cc(-c2ccc(Cl)cc2)on1. The molecule has 7 nitrogen and oxygen atoms in total. The number of benzene rings is 1. The molecule has 1 aromatic heterocycles. The van der Waals surface area contributed by atoms with Gasteiger partial charge in [0.25, 0.3) is 5.91 Å². The van der Waals surface area contributed by atoms with Crippen LogP contribution >= 0.6 is 11.6 Å². The van der Waals surface area contributed by atoms with Crippen LogP contribution in [0, 0.1) is 0 Å². The molecule has 24 heavy (non-hydrogen) atoms. The molecule has 0 aliphatic heterocycles. The fourth-order valence-corrected chi connectivity index (χ4v) is 2.38. The van der Waals surface area contributed by atoms with Gasteiger partial charge in [0.05, 0.1) is 18.6 Å². The number of carbonyl (C=O) groups excluding carboxylic acids is 1. The van der Waals surface area contributed by atoms with E-state index < -0.39 is 17.4 Å². The number of methoxy groups -OCH3 is 1. The molecule has 8 heteroatoms. The van der Waals surface area contributed by atoms with E-state index in [9.17, 15) is 9.59 Å². The molecule has 1 atom stereocenters. The van der Waals surface area contributed by atoms with Crippen molar-refractivity contribution in [2.45, 2.75) is 18.9 Å². The molecule has 1 heterocycles. The molecule has 0 spiro atoms. The Hall–Kier alpha value is -2.38. The Morgan fingerprint density at radius 2 is 2.04 bits per heavy atom. The normalized spacial score (nSPS) is 13.3. The van der Waals surface area contributed by atoms with Gasteiger partial charge < -0.3 is 19.7 Å². The Labute approximate surface area is 143 Å². The number of nitrogens with one attached hydrogen (secondary N) is 1. The van der Waals surface area contributed by atoms with Gasteiger partial charge in [-0.3, -0.25) is 9.59 Å². The van der Waals surface area contributed by atoms with Gasteiger partial charge in [-0.15, -0.1) is 0 Å². The Kier molecular flexibility index (Phi) is 5.58. The molecule has 2 rings (SSSR count). The number of amides is 1. The van der Waals surface area contributed by atoms with Gasteiger partial charge >= 0.3 is 5.97 Å². The average Bonchev–Trinajstić information content (AvgIpc) is 2.97. The molecule has 1 aromatic carbocycles. The fourth-order valence-electron chi connectivity index (χ4n) is 2.25. The minimum atomic E-state index is -1.06. The third-order valence-corrected chi connectivity index (χ3v) is 3.54. The van der Waals surface area contributed by atoms with Crippen LogP contribution in [0.2, 0.25) is 5.02 Å². The minimum absolute atomic E-state index is 0.0485. The van der Waals surface area contributed by atoms with Crippen LogP contribution in [-0.4, -0.2) is 41.4 Å². The van der Waals surface area contributed by atoms with E-state index in [1.807, 2.05) is 0 Å². The maximum absolute atomic E-state index is 12.3. The summed E-state index contributed by atoms with van der Waals surface area (Å²) in [5.74, 6) is -1.18. The van der Waals surface area contributed by atoms with Crippen LogP contribution in [0.15, 0.2) is 34.9 Å². The van der Waals surface area contributed by atoms with Crippen molar-refractivity contribution in [2.75, 3.05) is 13.7 Å². The third kappa shape index (κ3) is 4.56. The second-order valence-corrected chi connectivity index (χ2v) is 6.04. The second kappa shape index (κ2) is 7.46. The first-order valence-corrected chi connectivity index (χ1v) is 7.47. The predicted octanol–water partition coefficient (Wildman–Crippen LogP) is 2.60. The summed E-state index contributed by atoms with van der Waals surface area (Å²) in [7, 11) is 1.43. The average molecular weight is 353 g/mol. The van der Waals surface area contributed by atoms with Crippen LogP contribution in [0.25, 0.3) is 11.3 Å². The van der Waals surface area contributed by atoms with Crippen LogP contribution in [0.1, 0.15) is 23.8 Å². The number of carbonyl (C=O) groups is 2. The summed E-state index contributed by atoms with van der Waals surface area (Å²) in [6.07, 6.45) is -0.283. The van der Waals surface area contributed by atoms with Crippen LogP contribution in [-0.2, 0) is 9.53 Å². The number of rotatable bonds is 7. The summed E-state index contributed by atoms with van der Waals surface area (Å²) in [4.78, 5) is 23.3. The standard InChI is InChI=1S/C16H17ClN2O5/c1-16(9-23-2,8-14(20)21)18-15(22)12-7-13(24-19-12)10-3-5-11(17)6-4-10/h3-7H,8-9H2,1-2H3,(H,18,22)(H,20,21). The number of aliphatic carboxylic acids is 1. The molecule has 1 unspecified atom stereocenters. The molecular formula is C16H17ClN2O5. The van der Waals surface area contributed by atoms with Gasteiger partial charge in [0.2, 0.25) is 0 Å². The first-order chi connectivity index (χ1) is 11.3. The number of ether oxygens (including phenoxy) is 1. The van der Waals surface area contributed by atoms with E-state index in [2.05, 4.69) is 10.5 Å². The third-order valence-electron chi connectivity index (χ3n) is 3.29. The highest BCUT2D eigenvalue weighted by atomic mass is 35.5. The van der Waals surface area contributed by atoms with Crippen molar-refractivity contribution in [2.24, 2.45) is 0 Å². The maximum Gasteiger partial charge on any atom is 0.305 e. The topological polar surface area (TPSA) is 102 Å². The molecular weight excluding hydrogens is 336 g/mol. The number of aromatic nitrogens is 1. The van der Waals surface area contributed by atoms with Gasteiger partial charge in [-0.05, 0) is 31.2 Å². The molecule has 0 saturated carbocycles. The molecule has 0 aliphatic rings. The molecule has 0 radical (unpaired) electrons. The molecule has 0 bridgehead atoms. The lowest BCUT2D eigenvalue weighted by atomic mass is 9.98. The fraction of sp³-hybridized carbons (Fsp3) is 0.312. The molecule has 2 N–H and O–H groups in total. The lowest BCUT2D eigenvalue weighted by molar-refractivity contribution is -0.139. The van der Waals surface area contributed by atoms with E-state index in [1.165, 1.54) is 13.2 Å². The van der Waals surface area contributed by atoms with Gasteiger partial charge in [-0.1, -0.05) is 16.8 Å². The molecule has 0 saturated heterocycles. The van der Waals surface area contributed by atoms with Crippen molar-refractivity contribution in [3.8, 4) is 11.3 Å². The van der Waals surface area contributed by atoms with Crippen molar-refractivity contribution in [3.05, 3.63) is 41.0 Å². The quantitative estimate of drug-likeness (QED) is 0.794. The van der Waals surface area contributed by atoms with Gasteiger partial charge in [-0.2, -0.15) is 0 Å². The van der Waals surface area contributed by atoms with Crippen LogP contribution in [0.3, 0.4) is 0 Å². The van der Waals surface area contributed by atoms with Crippen molar-refractivity contribution >= 4 is 23.5 Å². The predicted molar refractivity (Wildman–Crippen MR) is 86.9 cm³/mol. The van der Waals surface area contributed by atoms with E-state index in [0.29, 0.717) is 10.8 Å². The maximum atomic E-state index is 12.3. The summed E-state index contributed by atoms with van der Waals surface area (Å²) in [6, 6.07) is 8.35. The highest BCUT2D eigenvalue weighted by molar-refractivity contribution is 6.30. The molecule has 0 aliphatic carbocycles. The molecule has 128 valence electrons. The molecule has 0 fully saturated rings. The first kappa shape index (κ1) is 18.0. The number of hydrogen-bond donors (Lipinski definition) is 2. The van der Waals surface area contributed by atoms with Crippen molar-refractivity contribution < 1.29 is 24.0 Å². The summed E-state index contributed by atoms with van der Waals surface area (Å²) in [5, 5.41) is 15.9. The van der Waals surface area contributed by atoms with Gasteiger partial charge in [-0.25, -0.2) is 0 Å². The van der Waals surface area contributed by atoms with Crippen LogP contribution in [0.5, 0.6) is 0 Å². The monoisotopic (exact) mass is 352 g/mol. The Morgan fingerprint density at radius 1 is 1.38 bits per heavy atom. The Bertz CT molecular complexity index is 728. The summed E-state index contributed by atoms with van der Waals surface area (Å²) in [5.41, 5.74) is -0.291. The highest BCUT2D eigenvalue weighted by Crippen LogP contribution is 2.22. The number of carboxylic acid groups (broad SMARTS) is 1. The lowest BCUT2D eigenvalue weighted by Crippen LogP contribution is -2.50. The zero-order valence-corrected chi connectivity index (χ0v) is 14.0. The van der Waals surface area contributed by atoms with Gasteiger partial charge in [0.15, 0.2) is 11.5 Å². The van der Waals surface area contributed by atoms with E-state index >= 15 is 0 Å². The van der Waals surface area contributed by atoms with Gasteiger partial charge in [0, 0.05) is 23.8 Å². The minimum Gasteiger partial charge on any atom is -0.481 e. The van der Waals surface area contributed by atoms with Crippen LogP contribution < -0.4 is 5.32 Å². The number of nitrogens with zero attached hydrogens (tertiary/aromatic N) is 1. The Balaban J connectivity index is 2.15. The zero-order chi connectivity index (χ0) is 17.7. The van der Waals surface area contributed by atoms with E-state index in [-0.39, 0.29) is 18.7 Å². The number of halogens is 1. The van der Waals surface area contributed by atoms with E-state index in [0.717, 1.165) is 5.56 Å². The van der Waals surface area contributed by atoms with Crippen molar-refractivity contribution in [1.29, 1.82) is 0 Å². The summed E-state index contributed by atoms with van der Waals surface area (Å²) < 4.78 is 10.2. The largest absolute Gasteiger partial charge is 0.481 e. The van der Waals surface area contributed by atoms with Crippen molar-refractivity contribution in [3.63, 3.8) is 0 Å². The molecule has 1 amide bonds. The van der Waals surface area contributed by atoms with Crippen LogP contribution in [0.4, 0.5) is 0 Å². The molecule has 2 aromatic rings. The van der Waals surface area contributed by atoms with E-state index in [1.54, 1.807) is 31.2 Å². The van der Waals surface area contributed by atoms with Gasteiger partial charge in [0.1, 0.15) is 0 Å².